The van der Waals surface area contributed by atoms with Crippen LogP contribution < -0.4 is 5.32 Å². The number of benzene rings is 1. The third-order valence-corrected chi connectivity index (χ3v) is 2.70. The van der Waals surface area contributed by atoms with Gasteiger partial charge in [-0.1, -0.05) is 51.0 Å². The minimum absolute atomic E-state index is 0.0427. The molecule has 1 nitrogen and oxygen atoms in total. The fourth-order valence-electron chi connectivity index (χ4n) is 1.64. The highest BCUT2D eigenvalue weighted by Gasteiger charge is 2.07. The zero-order chi connectivity index (χ0) is 12.0. The average Bonchev–Trinajstić information content (AvgIpc) is 2.30. The fraction of sp³-hybridized carbons (Fsp3) is 0.467. The fourth-order valence-corrected chi connectivity index (χ4v) is 1.64. The van der Waals surface area contributed by atoms with Crippen LogP contribution in [0.2, 0.25) is 0 Å². The zero-order valence-corrected chi connectivity index (χ0v) is 10.5. The Hall–Kier alpha value is -1.26. The van der Waals surface area contributed by atoms with Gasteiger partial charge in [0.1, 0.15) is 0 Å². The van der Waals surface area contributed by atoms with E-state index in [1.807, 2.05) is 0 Å². The summed E-state index contributed by atoms with van der Waals surface area (Å²) < 4.78 is 0. The van der Waals surface area contributed by atoms with E-state index in [1.54, 1.807) is 0 Å². The third kappa shape index (κ3) is 3.40. The van der Waals surface area contributed by atoms with E-state index in [4.69, 9.17) is 6.42 Å². The second kappa shape index (κ2) is 6.35. The van der Waals surface area contributed by atoms with Crippen LogP contribution in [0.25, 0.3) is 0 Å². The molecular formula is C15H21N. The Kier molecular flexibility index (Phi) is 5.08. The third-order valence-electron chi connectivity index (χ3n) is 2.70. The molecule has 1 N–H and O–H groups in total. The van der Waals surface area contributed by atoms with Crippen molar-refractivity contribution in [2.24, 2.45) is 0 Å². The zero-order valence-electron chi connectivity index (χ0n) is 10.5. The lowest BCUT2D eigenvalue weighted by Crippen LogP contribution is -2.20. The van der Waals surface area contributed by atoms with Crippen LogP contribution in [-0.2, 0) is 0 Å². The molecule has 0 heterocycles. The van der Waals surface area contributed by atoms with Crippen molar-refractivity contribution < 1.29 is 0 Å². The van der Waals surface area contributed by atoms with Gasteiger partial charge in [-0.15, -0.1) is 6.42 Å². The average molecular weight is 215 g/mol. The molecule has 1 rings (SSSR count). The summed E-state index contributed by atoms with van der Waals surface area (Å²) in [6, 6.07) is 8.63. The van der Waals surface area contributed by atoms with Gasteiger partial charge in [0.25, 0.3) is 0 Å². The smallest absolute Gasteiger partial charge is 0.0943 e. The van der Waals surface area contributed by atoms with Crippen molar-refractivity contribution in [3.05, 3.63) is 35.4 Å². The molecule has 1 unspecified atom stereocenters. The molecule has 0 spiro atoms. The Balaban J connectivity index is 2.75. The molecule has 1 aromatic carbocycles. The van der Waals surface area contributed by atoms with Crippen LogP contribution >= 0.6 is 0 Å². The predicted octanol–water partition coefficient (Wildman–Crippen LogP) is 3.48. The lowest BCUT2D eigenvalue weighted by Gasteiger charge is -2.14. The summed E-state index contributed by atoms with van der Waals surface area (Å²) in [5.41, 5.74) is 2.54. The highest BCUT2D eigenvalue weighted by molar-refractivity contribution is 5.30. The number of hydrogen-bond acceptors (Lipinski definition) is 1. The van der Waals surface area contributed by atoms with Gasteiger partial charge in [0, 0.05) is 0 Å². The lowest BCUT2D eigenvalue weighted by atomic mass is 9.99. The summed E-state index contributed by atoms with van der Waals surface area (Å²) in [7, 11) is 0. The topological polar surface area (TPSA) is 12.0 Å². The van der Waals surface area contributed by atoms with Crippen LogP contribution in [0.4, 0.5) is 0 Å². The van der Waals surface area contributed by atoms with E-state index in [0.717, 1.165) is 13.0 Å². The van der Waals surface area contributed by atoms with E-state index in [9.17, 15) is 0 Å². The maximum atomic E-state index is 5.53. The van der Waals surface area contributed by atoms with Gasteiger partial charge in [-0.25, -0.2) is 0 Å². The molecule has 0 saturated carbocycles. The highest BCUT2D eigenvalue weighted by atomic mass is 14.9. The molecule has 0 radical (unpaired) electrons. The largest absolute Gasteiger partial charge is 0.300 e. The second-order valence-corrected chi connectivity index (χ2v) is 4.38. The highest BCUT2D eigenvalue weighted by Crippen LogP contribution is 2.18. The maximum absolute atomic E-state index is 5.53. The molecule has 0 saturated heterocycles. The molecule has 0 amide bonds. The van der Waals surface area contributed by atoms with Gasteiger partial charge in [-0.05, 0) is 30.0 Å². The molecule has 16 heavy (non-hydrogen) atoms. The summed E-state index contributed by atoms with van der Waals surface area (Å²) >= 11 is 0. The number of hydrogen-bond donors (Lipinski definition) is 1. The van der Waals surface area contributed by atoms with Crippen molar-refractivity contribution in [1.29, 1.82) is 0 Å². The normalized spacial score (nSPS) is 12.4. The maximum Gasteiger partial charge on any atom is 0.0943 e. The summed E-state index contributed by atoms with van der Waals surface area (Å²) in [4.78, 5) is 0. The number of terminal acetylenes is 1. The van der Waals surface area contributed by atoms with Gasteiger partial charge in [0.15, 0.2) is 0 Å². The minimum atomic E-state index is 0.0427. The molecule has 1 aromatic rings. The van der Waals surface area contributed by atoms with Crippen LogP contribution in [0.1, 0.15) is 50.3 Å². The SMILES string of the molecule is C#CC(NCCC)c1ccc(C(C)C)cc1. The first-order chi connectivity index (χ1) is 7.69. The first kappa shape index (κ1) is 12.8. The van der Waals surface area contributed by atoms with E-state index in [1.165, 1.54) is 11.1 Å². The molecule has 0 aliphatic carbocycles. The molecule has 0 aliphatic rings. The monoisotopic (exact) mass is 215 g/mol. The van der Waals surface area contributed by atoms with E-state index in [2.05, 4.69) is 56.3 Å². The Morgan fingerprint density at radius 1 is 1.19 bits per heavy atom. The lowest BCUT2D eigenvalue weighted by molar-refractivity contribution is 0.626. The number of rotatable bonds is 5. The van der Waals surface area contributed by atoms with Crippen molar-refractivity contribution in [2.75, 3.05) is 6.54 Å². The Labute approximate surface area is 99.3 Å². The molecular weight excluding hydrogens is 194 g/mol. The molecule has 0 fully saturated rings. The molecule has 86 valence electrons. The second-order valence-electron chi connectivity index (χ2n) is 4.38. The first-order valence-electron chi connectivity index (χ1n) is 5.98. The van der Waals surface area contributed by atoms with Crippen molar-refractivity contribution in [2.45, 2.75) is 39.2 Å². The summed E-state index contributed by atoms with van der Waals surface area (Å²) in [6.07, 6.45) is 6.63. The van der Waals surface area contributed by atoms with Crippen molar-refractivity contribution in [1.82, 2.24) is 5.32 Å². The van der Waals surface area contributed by atoms with Crippen LogP contribution in [-0.4, -0.2) is 6.54 Å². The van der Waals surface area contributed by atoms with Crippen molar-refractivity contribution in [3.63, 3.8) is 0 Å². The van der Waals surface area contributed by atoms with Crippen LogP contribution in [0.5, 0.6) is 0 Å². The Morgan fingerprint density at radius 3 is 2.19 bits per heavy atom. The molecule has 1 heteroatoms. The van der Waals surface area contributed by atoms with E-state index >= 15 is 0 Å². The van der Waals surface area contributed by atoms with Gasteiger partial charge in [-0.3, -0.25) is 0 Å². The molecule has 0 aromatic heterocycles. The standard InChI is InChI=1S/C15H21N/c1-5-11-16-15(6-2)14-9-7-13(8-10-14)12(3)4/h2,7-10,12,15-16H,5,11H2,1,3-4H3. The van der Waals surface area contributed by atoms with E-state index in [-0.39, 0.29) is 6.04 Å². The predicted molar refractivity (Wildman–Crippen MR) is 70.4 cm³/mol. The van der Waals surface area contributed by atoms with Gasteiger partial charge in [-0.2, -0.15) is 0 Å². The van der Waals surface area contributed by atoms with E-state index < -0.39 is 0 Å². The summed E-state index contributed by atoms with van der Waals surface area (Å²) in [5, 5.41) is 3.35. The van der Waals surface area contributed by atoms with Crippen LogP contribution in [0.15, 0.2) is 24.3 Å². The van der Waals surface area contributed by atoms with Crippen LogP contribution in [0, 0.1) is 12.3 Å². The van der Waals surface area contributed by atoms with Crippen LogP contribution in [0.3, 0.4) is 0 Å². The van der Waals surface area contributed by atoms with Gasteiger partial charge in [0.2, 0.25) is 0 Å². The summed E-state index contributed by atoms with van der Waals surface area (Å²) in [5.74, 6) is 3.36. The molecule has 1 atom stereocenters. The van der Waals surface area contributed by atoms with Crippen molar-refractivity contribution in [3.8, 4) is 12.3 Å². The Bertz CT molecular complexity index is 343. The molecule has 0 aliphatic heterocycles. The molecule has 0 bridgehead atoms. The quantitative estimate of drug-likeness (QED) is 0.741. The van der Waals surface area contributed by atoms with Gasteiger partial charge < -0.3 is 5.32 Å². The van der Waals surface area contributed by atoms with E-state index in [0.29, 0.717) is 5.92 Å². The van der Waals surface area contributed by atoms with Gasteiger partial charge in [0.05, 0.1) is 6.04 Å². The first-order valence-corrected chi connectivity index (χ1v) is 5.98. The number of nitrogens with one attached hydrogen (secondary N) is 1. The Morgan fingerprint density at radius 2 is 1.75 bits per heavy atom. The van der Waals surface area contributed by atoms with Crippen molar-refractivity contribution >= 4 is 0 Å². The van der Waals surface area contributed by atoms with Gasteiger partial charge >= 0.3 is 0 Å². The minimum Gasteiger partial charge on any atom is -0.300 e. The summed E-state index contributed by atoms with van der Waals surface area (Å²) in [6.45, 7) is 7.50.